The number of carbonyl (C=O) groups excluding carboxylic acids is 2. The number of hydroxylamine groups is 1. The highest BCUT2D eigenvalue weighted by Crippen LogP contribution is 2.15. The number of aromatic carboxylic acids is 1. The Bertz CT molecular complexity index is 527. The van der Waals surface area contributed by atoms with E-state index in [1.165, 1.54) is 6.92 Å². The summed E-state index contributed by atoms with van der Waals surface area (Å²) in [4.78, 5) is 37.2. The first kappa shape index (κ1) is 16.7. The molecule has 0 spiro atoms. The van der Waals surface area contributed by atoms with Crippen LogP contribution in [0, 0.1) is 5.92 Å². The topological polar surface area (TPSA) is 92.7 Å². The molecule has 0 aliphatic heterocycles. The van der Waals surface area contributed by atoms with Crippen LogP contribution in [0.15, 0.2) is 24.3 Å². The molecule has 0 bridgehead atoms. The van der Waals surface area contributed by atoms with Gasteiger partial charge >= 0.3 is 11.9 Å². The Morgan fingerprint density at radius 2 is 2.05 bits per heavy atom. The smallest absolute Gasteiger partial charge is 0.335 e. The van der Waals surface area contributed by atoms with Crippen molar-refractivity contribution < 1.29 is 24.3 Å². The molecule has 1 aromatic carbocycles. The van der Waals surface area contributed by atoms with Gasteiger partial charge in [0.15, 0.2) is 0 Å². The first-order valence-corrected chi connectivity index (χ1v) is 6.67. The van der Waals surface area contributed by atoms with Crippen LogP contribution in [0.2, 0.25) is 0 Å². The Morgan fingerprint density at radius 3 is 2.67 bits per heavy atom. The predicted octanol–water partition coefficient (Wildman–Crippen LogP) is 1.94. The van der Waals surface area contributed by atoms with Gasteiger partial charge in [-0.25, -0.2) is 4.79 Å². The van der Waals surface area contributed by atoms with Crippen LogP contribution < -0.4 is 5.48 Å². The van der Waals surface area contributed by atoms with Gasteiger partial charge in [-0.15, -0.1) is 0 Å². The number of rotatable bonds is 6. The molecule has 1 aromatic rings. The Kier molecular flexibility index (Phi) is 6.39. The lowest BCUT2D eigenvalue weighted by Crippen LogP contribution is -2.26. The van der Waals surface area contributed by atoms with E-state index in [1.54, 1.807) is 18.2 Å². The largest absolute Gasteiger partial charge is 0.478 e. The van der Waals surface area contributed by atoms with E-state index in [-0.39, 0.29) is 23.8 Å². The minimum atomic E-state index is -0.953. The number of amides is 1. The maximum atomic E-state index is 11.4. The van der Waals surface area contributed by atoms with E-state index < -0.39 is 11.9 Å². The molecule has 1 amide bonds. The van der Waals surface area contributed by atoms with Crippen LogP contribution in [0.3, 0.4) is 0 Å². The summed E-state index contributed by atoms with van der Waals surface area (Å²) in [6.07, 6.45) is 1.54. The van der Waals surface area contributed by atoms with Crippen LogP contribution in [0.25, 0.3) is 0 Å². The van der Waals surface area contributed by atoms with Crippen molar-refractivity contribution in [1.29, 1.82) is 0 Å². The molecule has 0 aromatic heterocycles. The van der Waals surface area contributed by atoms with Gasteiger partial charge < -0.3 is 9.94 Å². The lowest BCUT2D eigenvalue weighted by molar-refractivity contribution is -0.156. The molecular weight excluding hydrogens is 274 g/mol. The first-order valence-electron chi connectivity index (χ1n) is 6.67. The maximum Gasteiger partial charge on any atom is 0.335 e. The summed E-state index contributed by atoms with van der Waals surface area (Å²) in [7, 11) is 0. The van der Waals surface area contributed by atoms with Gasteiger partial charge in [-0.2, -0.15) is 5.48 Å². The molecule has 0 aliphatic rings. The van der Waals surface area contributed by atoms with Gasteiger partial charge in [-0.1, -0.05) is 19.1 Å². The number of carboxylic acid groups (broad SMARTS) is 1. The monoisotopic (exact) mass is 293 g/mol. The van der Waals surface area contributed by atoms with E-state index in [2.05, 4.69) is 10.3 Å². The van der Waals surface area contributed by atoms with Crippen molar-refractivity contribution >= 4 is 17.8 Å². The highest BCUT2D eigenvalue weighted by atomic mass is 16.7. The molecule has 0 fully saturated rings. The molecule has 1 atom stereocenters. The Balaban J connectivity index is 2.41. The zero-order valence-corrected chi connectivity index (χ0v) is 12.1. The predicted molar refractivity (Wildman–Crippen MR) is 75.4 cm³/mol. The van der Waals surface area contributed by atoms with Crippen LogP contribution in [0.4, 0.5) is 0 Å². The summed E-state index contributed by atoms with van der Waals surface area (Å²) < 4.78 is 0. The third-order valence-electron chi connectivity index (χ3n) is 2.93. The van der Waals surface area contributed by atoms with Crippen LogP contribution in [0.5, 0.6) is 0 Å². The summed E-state index contributed by atoms with van der Waals surface area (Å²) >= 11 is 0. The molecular formula is C15H19NO5. The lowest BCUT2D eigenvalue weighted by Gasteiger charge is -2.11. The minimum absolute atomic E-state index is 0.206. The second-order valence-corrected chi connectivity index (χ2v) is 4.97. The van der Waals surface area contributed by atoms with Gasteiger partial charge in [0.2, 0.25) is 0 Å². The second-order valence-electron chi connectivity index (χ2n) is 4.97. The van der Waals surface area contributed by atoms with E-state index in [1.807, 2.05) is 13.0 Å². The van der Waals surface area contributed by atoms with Crippen molar-refractivity contribution in [2.24, 2.45) is 5.92 Å². The third kappa shape index (κ3) is 6.56. The molecule has 21 heavy (non-hydrogen) atoms. The van der Waals surface area contributed by atoms with Crippen molar-refractivity contribution in [2.75, 3.05) is 0 Å². The maximum absolute atomic E-state index is 11.4. The van der Waals surface area contributed by atoms with Crippen molar-refractivity contribution in [2.45, 2.75) is 33.1 Å². The third-order valence-corrected chi connectivity index (χ3v) is 2.93. The summed E-state index contributed by atoms with van der Waals surface area (Å²) in [5.41, 5.74) is 3.24. The van der Waals surface area contributed by atoms with Gasteiger partial charge in [0, 0.05) is 13.3 Å². The number of carboxylic acids is 1. The van der Waals surface area contributed by atoms with Gasteiger partial charge in [0.25, 0.3) is 5.91 Å². The summed E-state index contributed by atoms with van der Waals surface area (Å²) in [6.45, 7) is 3.19. The lowest BCUT2D eigenvalue weighted by atomic mass is 9.95. The summed E-state index contributed by atoms with van der Waals surface area (Å²) in [5.74, 6) is -1.67. The Labute approximate surface area is 123 Å². The van der Waals surface area contributed by atoms with Crippen molar-refractivity contribution in [3.63, 3.8) is 0 Å². The van der Waals surface area contributed by atoms with E-state index in [0.29, 0.717) is 12.8 Å². The fraction of sp³-hybridized carbons (Fsp3) is 0.400. The average molecular weight is 293 g/mol. The quantitative estimate of drug-likeness (QED) is 0.782. The summed E-state index contributed by atoms with van der Waals surface area (Å²) in [6, 6.07) is 6.75. The van der Waals surface area contributed by atoms with Gasteiger partial charge in [0.05, 0.1) is 5.56 Å². The highest BCUT2D eigenvalue weighted by Gasteiger charge is 2.10. The van der Waals surface area contributed by atoms with E-state index >= 15 is 0 Å². The molecule has 0 heterocycles. The van der Waals surface area contributed by atoms with E-state index in [4.69, 9.17) is 5.11 Å². The van der Waals surface area contributed by atoms with Crippen LogP contribution in [-0.2, 0) is 20.8 Å². The molecule has 6 heteroatoms. The average Bonchev–Trinajstić information content (AvgIpc) is 2.43. The van der Waals surface area contributed by atoms with Crippen molar-refractivity contribution in [3.05, 3.63) is 35.4 Å². The normalized spacial score (nSPS) is 11.5. The Morgan fingerprint density at radius 1 is 1.33 bits per heavy atom. The van der Waals surface area contributed by atoms with Gasteiger partial charge in [-0.05, 0) is 36.5 Å². The Hall–Kier alpha value is -2.37. The van der Waals surface area contributed by atoms with Crippen molar-refractivity contribution in [1.82, 2.24) is 5.48 Å². The van der Waals surface area contributed by atoms with Gasteiger partial charge in [-0.3, -0.25) is 9.59 Å². The number of carbonyl (C=O) groups is 3. The number of hydrogen-bond acceptors (Lipinski definition) is 4. The zero-order chi connectivity index (χ0) is 15.8. The molecule has 6 nitrogen and oxygen atoms in total. The fourth-order valence-electron chi connectivity index (χ4n) is 1.89. The molecule has 0 saturated carbocycles. The molecule has 0 aliphatic carbocycles. The SMILES string of the molecule is CC(=O)ONC(=O)CCC(C)Cc1cccc(C(=O)O)c1. The fourth-order valence-corrected chi connectivity index (χ4v) is 1.89. The first-order chi connectivity index (χ1) is 9.88. The van der Waals surface area contributed by atoms with Crippen LogP contribution in [-0.4, -0.2) is 23.0 Å². The molecule has 0 saturated heterocycles. The minimum Gasteiger partial charge on any atom is -0.478 e. The van der Waals surface area contributed by atoms with E-state index in [9.17, 15) is 14.4 Å². The number of nitrogens with one attached hydrogen (secondary N) is 1. The second kappa shape index (κ2) is 8.04. The molecule has 1 rings (SSSR count). The molecule has 1 unspecified atom stereocenters. The number of benzene rings is 1. The van der Waals surface area contributed by atoms with Crippen molar-refractivity contribution in [3.8, 4) is 0 Å². The number of hydrogen-bond donors (Lipinski definition) is 2. The summed E-state index contributed by atoms with van der Waals surface area (Å²) in [5, 5.41) is 8.93. The zero-order valence-electron chi connectivity index (χ0n) is 12.1. The van der Waals surface area contributed by atoms with E-state index in [0.717, 1.165) is 5.56 Å². The molecule has 0 radical (unpaired) electrons. The molecule has 114 valence electrons. The standard InChI is InChI=1S/C15H19NO5/c1-10(6-7-14(18)16-21-11(2)17)8-12-4-3-5-13(9-12)15(19)20/h3-5,9-10H,6-8H2,1-2H3,(H,16,18)(H,19,20). The van der Waals surface area contributed by atoms with Gasteiger partial charge in [0.1, 0.15) is 0 Å². The van der Waals surface area contributed by atoms with Crippen LogP contribution in [0.1, 0.15) is 42.6 Å². The van der Waals surface area contributed by atoms with Crippen LogP contribution >= 0.6 is 0 Å². The highest BCUT2D eigenvalue weighted by molar-refractivity contribution is 5.87. The molecule has 2 N–H and O–H groups in total.